The molecule has 186 valence electrons. The zero-order valence-corrected chi connectivity index (χ0v) is 20.6. The molecule has 1 amide bonds. The normalized spacial score (nSPS) is 25.0. The molecule has 2 saturated heterocycles. The highest BCUT2D eigenvalue weighted by Gasteiger charge is 2.26. The van der Waals surface area contributed by atoms with Gasteiger partial charge in [0.2, 0.25) is 5.91 Å². The van der Waals surface area contributed by atoms with Gasteiger partial charge in [-0.25, -0.2) is 4.98 Å². The number of nitrogens with one attached hydrogen (secondary N) is 1. The van der Waals surface area contributed by atoms with E-state index < -0.39 is 0 Å². The third-order valence-electron chi connectivity index (χ3n) is 8.20. The Labute approximate surface area is 203 Å². The minimum atomic E-state index is 0.254. The average Bonchev–Trinajstić information content (AvgIpc) is 3.36. The highest BCUT2D eigenvalue weighted by Crippen LogP contribution is 2.30. The third kappa shape index (κ3) is 5.74. The number of hydrogen-bond acceptors (Lipinski definition) is 6. The Bertz CT molecular complexity index is 938. The summed E-state index contributed by atoms with van der Waals surface area (Å²) in [6.45, 7) is 9.07. The quantitative estimate of drug-likeness (QED) is 0.659. The number of rotatable bonds is 7. The topological polar surface area (TPSA) is 70.8 Å². The van der Waals surface area contributed by atoms with Gasteiger partial charge < -0.3 is 19.4 Å². The summed E-state index contributed by atoms with van der Waals surface area (Å²) in [5, 5.41) is 4.45. The summed E-state index contributed by atoms with van der Waals surface area (Å²) in [6, 6.07) is 2.43. The molecule has 0 unspecified atom stereocenters. The molecule has 0 bridgehead atoms. The van der Waals surface area contributed by atoms with Crippen LogP contribution in [0.4, 0.5) is 5.82 Å². The van der Waals surface area contributed by atoms with Crippen molar-refractivity contribution in [3.8, 4) is 0 Å². The van der Waals surface area contributed by atoms with Crippen molar-refractivity contribution in [2.24, 2.45) is 11.8 Å². The number of amides is 1. The van der Waals surface area contributed by atoms with Crippen molar-refractivity contribution in [3.63, 3.8) is 0 Å². The molecule has 4 heterocycles. The van der Waals surface area contributed by atoms with Gasteiger partial charge in [-0.15, -0.1) is 0 Å². The largest absolute Gasteiger partial charge is 0.464 e. The summed E-state index contributed by atoms with van der Waals surface area (Å²) in [5.74, 6) is 2.62. The zero-order valence-electron chi connectivity index (χ0n) is 20.6. The summed E-state index contributed by atoms with van der Waals surface area (Å²) in [6.07, 6.45) is 12.5. The number of aromatic nitrogens is 1. The van der Waals surface area contributed by atoms with Gasteiger partial charge in [0.05, 0.1) is 11.6 Å². The van der Waals surface area contributed by atoms with E-state index in [1.165, 1.54) is 25.8 Å². The molecule has 1 aliphatic carbocycles. The lowest BCUT2D eigenvalue weighted by molar-refractivity contribution is -0.123. The first-order valence-electron chi connectivity index (χ1n) is 13.3. The molecule has 3 aliphatic rings. The molecule has 7 nitrogen and oxygen atoms in total. The maximum absolute atomic E-state index is 12.4. The van der Waals surface area contributed by atoms with Crippen LogP contribution in [0.1, 0.15) is 56.9 Å². The number of nitrogens with zero attached hydrogens (tertiary/aromatic N) is 3. The third-order valence-corrected chi connectivity index (χ3v) is 8.20. The monoisotopic (exact) mass is 468 g/mol. The number of pyridine rings is 1. The molecule has 3 fully saturated rings. The number of hydrogen-bond donors (Lipinski definition) is 1. The van der Waals surface area contributed by atoms with E-state index in [4.69, 9.17) is 14.1 Å². The smallest absolute Gasteiger partial charge is 0.220 e. The Morgan fingerprint density at radius 2 is 1.82 bits per heavy atom. The average molecular weight is 469 g/mol. The Balaban J connectivity index is 0.999. The molecule has 1 N–H and O–H groups in total. The van der Waals surface area contributed by atoms with Gasteiger partial charge in [-0.2, -0.15) is 0 Å². The highest BCUT2D eigenvalue weighted by atomic mass is 16.5. The fraction of sp³-hybridized carbons (Fsp3) is 0.704. The lowest BCUT2D eigenvalue weighted by Crippen LogP contribution is -2.47. The van der Waals surface area contributed by atoms with Crippen molar-refractivity contribution in [1.29, 1.82) is 0 Å². The summed E-state index contributed by atoms with van der Waals surface area (Å²) >= 11 is 0. The van der Waals surface area contributed by atoms with Crippen LogP contribution >= 0.6 is 0 Å². The molecule has 0 spiro atoms. The van der Waals surface area contributed by atoms with Crippen LogP contribution in [0.25, 0.3) is 11.0 Å². The maximum atomic E-state index is 12.4. The van der Waals surface area contributed by atoms with Crippen LogP contribution in [0, 0.1) is 18.8 Å². The molecule has 5 rings (SSSR count). The molecule has 2 aromatic rings. The van der Waals surface area contributed by atoms with Gasteiger partial charge >= 0.3 is 0 Å². The van der Waals surface area contributed by atoms with Gasteiger partial charge in [-0.05, 0) is 76.3 Å². The van der Waals surface area contributed by atoms with Crippen LogP contribution in [0.5, 0.6) is 0 Å². The molecule has 1 saturated carbocycles. The fourth-order valence-corrected chi connectivity index (χ4v) is 5.97. The van der Waals surface area contributed by atoms with E-state index in [9.17, 15) is 4.79 Å². The Hall–Kier alpha value is -2.12. The predicted molar refractivity (Wildman–Crippen MR) is 134 cm³/mol. The first-order chi connectivity index (χ1) is 16.7. The van der Waals surface area contributed by atoms with Crippen LogP contribution in [-0.2, 0) is 9.53 Å². The minimum absolute atomic E-state index is 0.254. The van der Waals surface area contributed by atoms with E-state index >= 15 is 0 Å². The number of anilines is 1. The van der Waals surface area contributed by atoms with Crippen molar-refractivity contribution in [2.75, 3.05) is 50.8 Å². The van der Waals surface area contributed by atoms with Gasteiger partial charge in [0, 0.05) is 63.6 Å². The molecular formula is C27H40N4O3. The summed E-state index contributed by atoms with van der Waals surface area (Å²) < 4.78 is 11.1. The Morgan fingerprint density at radius 3 is 2.59 bits per heavy atom. The SMILES string of the molecule is Cc1cnc(N2CCN(CCC3CCC(NC(=O)CC4CCOCC4)CC3)CC2)c2ccoc12. The van der Waals surface area contributed by atoms with Crippen molar-refractivity contribution >= 4 is 22.7 Å². The Morgan fingerprint density at radius 1 is 1.06 bits per heavy atom. The molecule has 0 aromatic carbocycles. The number of piperazine rings is 1. The lowest BCUT2D eigenvalue weighted by atomic mass is 9.83. The second-order valence-electron chi connectivity index (χ2n) is 10.6. The number of fused-ring (bicyclic) bond motifs is 1. The fourth-order valence-electron chi connectivity index (χ4n) is 5.97. The van der Waals surface area contributed by atoms with E-state index in [0.29, 0.717) is 18.4 Å². The highest BCUT2D eigenvalue weighted by molar-refractivity contribution is 5.90. The second-order valence-corrected chi connectivity index (χ2v) is 10.6. The number of carbonyl (C=O) groups is 1. The maximum Gasteiger partial charge on any atom is 0.220 e. The van der Waals surface area contributed by atoms with Crippen LogP contribution < -0.4 is 10.2 Å². The minimum Gasteiger partial charge on any atom is -0.464 e. The first-order valence-corrected chi connectivity index (χ1v) is 13.3. The van der Waals surface area contributed by atoms with Crippen molar-refractivity contribution < 1.29 is 13.9 Å². The molecule has 34 heavy (non-hydrogen) atoms. The van der Waals surface area contributed by atoms with Gasteiger partial charge in [0.1, 0.15) is 11.4 Å². The van der Waals surface area contributed by atoms with Crippen molar-refractivity contribution in [1.82, 2.24) is 15.2 Å². The molecule has 2 aromatic heterocycles. The summed E-state index contributed by atoms with van der Waals surface area (Å²) in [4.78, 5) is 22.2. The lowest BCUT2D eigenvalue weighted by Gasteiger charge is -2.37. The number of aryl methyl sites for hydroxylation is 1. The van der Waals surface area contributed by atoms with Crippen molar-refractivity contribution in [2.45, 2.75) is 64.3 Å². The number of ether oxygens (including phenoxy) is 1. The summed E-state index contributed by atoms with van der Waals surface area (Å²) in [7, 11) is 0. The van der Waals surface area contributed by atoms with Gasteiger partial charge in [0.15, 0.2) is 0 Å². The van der Waals surface area contributed by atoms with E-state index in [2.05, 4.69) is 22.0 Å². The first kappa shape index (κ1) is 23.6. The van der Waals surface area contributed by atoms with Gasteiger partial charge in [-0.1, -0.05) is 0 Å². The molecule has 7 heteroatoms. The van der Waals surface area contributed by atoms with E-state index in [1.807, 2.05) is 12.3 Å². The van der Waals surface area contributed by atoms with E-state index in [-0.39, 0.29) is 5.91 Å². The Kier molecular flexibility index (Phi) is 7.70. The molecular weight excluding hydrogens is 428 g/mol. The van der Waals surface area contributed by atoms with Crippen LogP contribution in [0.3, 0.4) is 0 Å². The van der Waals surface area contributed by atoms with Crippen LogP contribution in [0.15, 0.2) is 22.9 Å². The summed E-state index contributed by atoms with van der Waals surface area (Å²) in [5.41, 5.74) is 2.05. The molecule has 0 radical (unpaired) electrons. The number of furan rings is 1. The standard InChI is InChI=1S/C27H40N4O3/c1-20-19-28-27(24-9-17-34-26(20)24)31-13-11-30(12-14-31)10-6-21-2-4-23(5-3-21)29-25(32)18-22-7-15-33-16-8-22/h9,17,19,21-23H,2-8,10-16,18H2,1H3,(H,29,32). The van der Waals surface area contributed by atoms with Crippen LogP contribution in [0.2, 0.25) is 0 Å². The molecule has 2 aliphatic heterocycles. The molecule has 0 atom stereocenters. The number of carbonyl (C=O) groups excluding carboxylic acids is 1. The predicted octanol–water partition coefficient (Wildman–Crippen LogP) is 4.14. The van der Waals surface area contributed by atoms with Gasteiger partial charge in [-0.3, -0.25) is 9.69 Å². The van der Waals surface area contributed by atoms with E-state index in [1.54, 1.807) is 6.26 Å². The second kappa shape index (κ2) is 11.1. The van der Waals surface area contributed by atoms with Crippen molar-refractivity contribution in [3.05, 3.63) is 24.1 Å². The zero-order chi connectivity index (χ0) is 23.3. The van der Waals surface area contributed by atoms with Crippen LogP contribution in [-0.4, -0.2) is 67.8 Å². The van der Waals surface area contributed by atoms with E-state index in [0.717, 1.165) is 93.3 Å². The van der Waals surface area contributed by atoms with Gasteiger partial charge in [0.25, 0.3) is 0 Å².